The number of hydrogen-bond acceptors (Lipinski definition) is 7. The van der Waals surface area contributed by atoms with Gasteiger partial charge >= 0.3 is 11.9 Å². The lowest BCUT2D eigenvalue weighted by Gasteiger charge is -2.26. The topological polar surface area (TPSA) is 199 Å². The predicted octanol–water partition coefficient (Wildman–Crippen LogP) is -3.54. The van der Waals surface area contributed by atoms with Gasteiger partial charge in [-0.15, -0.1) is 0 Å². The van der Waals surface area contributed by atoms with E-state index in [-0.39, 0.29) is 13.0 Å². The number of nitrogens with two attached hydrogens (primary N) is 1. The number of likely N-dealkylation sites (tertiary alicyclic amines) is 1. The van der Waals surface area contributed by atoms with Crippen molar-refractivity contribution in [1.29, 1.82) is 0 Å². The van der Waals surface area contributed by atoms with E-state index >= 15 is 0 Å². The van der Waals surface area contributed by atoms with Crippen LogP contribution in [0.4, 0.5) is 0 Å². The quantitative estimate of drug-likeness (QED) is 0.236. The normalized spacial score (nSPS) is 18.7. The standard InChI is InChI=1S/C14H22N4O8/c15-7(6-19)12(23)16-5-10(20)17-8(4-11(21)22)13(24)18-3-1-2-9(18)14(25)26/h7-9,19H,1-6,15H2,(H,16,23)(H,17,20)(H,21,22)(H,25,26). The minimum atomic E-state index is -1.47. The highest BCUT2D eigenvalue weighted by molar-refractivity contribution is 5.94. The predicted molar refractivity (Wildman–Crippen MR) is 84.6 cm³/mol. The summed E-state index contributed by atoms with van der Waals surface area (Å²) >= 11 is 0. The molecule has 3 amide bonds. The van der Waals surface area contributed by atoms with Crippen molar-refractivity contribution in [3.8, 4) is 0 Å². The second-order valence-electron chi connectivity index (χ2n) is 5.75. The molecule has 0 spiro atoms. The summed E-state index contributed by atoms with van der Waals surface area (Å²) in [5, 5.41) is 31.1. The summed E-state index contributed by atoms with van der Waals surface area (Å²) in [6.07, 6.45) is -0.0486. The van der Waals surface area contributed by atoms with Crippen molar-refractivity contribution in [2.75, 3.05) is 19.7 Å². The van der Waals surface area contributed by atoms with E-state index in [0.717, 1.165) is 4.90 Å². The summed E-state index contributed by atoms with van der Waals surface area (Å²) in [6, 6.07) is -3.76. The molecule has 146 valence electrons. The van der Waals surface area contributed by atoms with Crippen LogP contribution in [-0.4, -0.2) is 87.7 Å². The van der Waals surface area contributed by atoms with Crippen molar-refractivity contribution >= 4 is 29.7 Å². The summed E-state index contributed by atoms with van der Waals surface area (Å²) in [4.78, 5) is 58.9. The van der Waals surface area contributed by atoms with Crippen molar-refractivity contribution in [3.05, 3.63) is 0 Å². The molecule has 1 aliphatic rings. The lowest BCUT2D eigenvalue weighted by molar-refractivity contribution is -0.150. The highest BCUT2D eigenvalue weighted by Gasteiger charge is 2.38. The van der Waals surface area contributed by atoms with Crippen LogP contribution < -0.4 is 16.4 Å². The molecule has 1 heterocycles. The SMILES string of the molecule is NC(CO)C(=O)NCC(=O)NC(CC(=O)O)C(=O)N1CCCC1C(=O)O. The second-order valence-corrected chi connectivity index (χ2v) is 5.75. The van der Waals surface area contributed by atoms with Crippen molar-refractivity contribution in [2.24, 2.45) is 5.73 Å². The van der Waals surface area contributed by atoms with Crippen molar-refractivity contribution < 1.29 is 39.3 Å². The Morgan fingerprint density at radius 1 is 1.19 bits per heavy atom. The molecule has 1 aliphatic heterocycles. The van der Waals surface area contributed by atoms with Gasteiger partial charge in [0.15, 0.2) is 0 Å². The first-order valence-corrected chi connectivity index (χ1v) is 7.86. The number of carbonyl (C=O) groups excluding carboxylic acids is 3. The van der Waals surface area contributed by atoms with E-state index in [0.29, 0.717) is 6.42 Å². The van der Waals surface area contributed by atoms with Gasteiger partial charge in [0.25, 0.3) is 0 Å². The molecule has 0 saturated carbocycles. The van der Waals surface area contributed by atoms with E-state index in [4.69, 9.17) is 21.1 Å². The molecule has 0 aliphatic carbocycles. The minimum absolute atomic E-state index is 0.143. The molecule has 0 aromatic rings. The van der Waals surface area contributed by atoms with E-state index in [1.165, 1.54) is 0 Å². The third kappa shape index (κ3) is 5.97. The van der Waals surface area contributed by atoms with Crippen LogP contribution in [0.25, 0.3) is 0 Å². The number of rotatable bonds is 9. The number of nitrogens with one attached hydrogen (secondary N) is 2. The van der Waals surface area contributed by atoms with Gasteiger partial charge in [-0.1, -0.05) is 0 Å². The molecule has 0 aromatic heterocycles. The van der Waals surface area contributed by atoms with Crippen LogP contribution in [0.3, 0.4) is 0 Å². The van der Waals surface area contributed by atoms with Crippen LogP contribution in [0.15, 0.2) is 0 Å². The van der Waals surface area contributed by atoms with Crippen LogP contribution in [-0.2, 0) is 24.0 Å². The molecule has 0 aromatic carbocycles. The minimum Gasteiger partial charge on any atom is -0.481 e. The average molecular weight is 374 g/mol. The number of aliphatic carboxylic acids is 2. The molecule has 1 fully saturated rings. The zero-order valence-electron chi connectivity index (χ0n) is 13.9. The molecule has 26 heavy (non-hydrogen) atoms. The summed E-state index contributed by atoms with van der Waals surface area (Å²) in [5.74, 6) is -5.03. The molecular formula is C14H22N4O8. The lowest BCUT2D eigenvalue weighted by atomic mass is 10.1. The maximum atomic E-state index is 12.5. The fraction of sp³-hybridized carbons (Fsp3) is 0.643. The second kappa shape index (κ2) is 9.68. The van der Waals surface area contributed by atoms with Gasteiger partial charge in [0.2, 0.25) is 17.7 Å². The number of aliphatic hydroxyl groups excluding tert-OH is 1. The smallest absolute Gasteiger partial charge is 0.326 e. The van der Waals surface area contributed by atoms with Gasteiger partial charge in [-0.3, -0.25) is 19.2 Å². The Morgan fingerprint density at radius 2 is 1.85 bits per heavy atom. The van der Waals surface area contributed by atoms with Crippen LogP contribution in [0, 0.1) is 0 Å². The van der Waals surface area contributed by atoms with Crippen LogP contribution >= 0.6 is 0 Å². The number of nitrogens with zero attached hydrogens (tertiary/aromatic N) is 1. The number of carboxylic acids is 2. The molecule has 1 rings (SSSR count). The molecule has 3 unspecified atom stereocenters. The third-order valence-corrected chi connectivity index (χ3v) is 3.79. The Kier molecular flexibility index (Phi) is 7.93. The summed E-state index contributed by atoms with van der Waals surface area (Å²) in [5.41, 5.74) is 5.26. The Labute approximate surface area is 148 Å². The van der Waals surface area contributed by atoms with Crippen molar-refractivity contribution in [1.82, 2.24) is 15.5 Å². The number of carbonyl (C=O) groups is 5. The summed E-state index contributed by atoms with van der Waals surface area (Å²) < 4.78 is 0. The zero-order valence-corrected chi connectivity index (χ0v) is 13.9. The first-order chi connectivity index (χ1) is 12.2. The highest BCUT2D eigenvalue weighted by Crippen LogP contribution is 2.19. The Balaban J connectivity index is 2.72. The van der Waals surface area contributed by atoms with Gasteiger partial charge in [-0.05, 0) is 12.8 Å². The number of hydrogen-bond donors (Lipinski definition) is 6. The Morgan fingerprint density at radius 3 is 2.38 bits per heavy atom. The highest BCUT2D eigenvalue weighted by atomic mass is 16.4. The van der Waals surface area contributed by atoms with Crippen molar-refractivity contribution in [3.63, 3.8) is 0 Å². The van der Waals surface area contributed by atoms with Crippen LogP contribution in [0.2, 0.25) is 0 Å². The molecule has 3 atom stereocenters. The van der Waals surface area contributed by atoms with E-state index in [1.54, 1.807) is 0 Å². The molecule has 0 bridgehead atoms. The van der Waals surface area contributed by atoms with Crippen LogP contribution in [0.5, 0.6) is 0 Å². The lowest BCUT2D eigenvalue weighted by Crippen LogP contribution is -2.54. The summed E-state index contributed by atoms with van der Waals surface area (Å²) in [7, 11) is 0. The monoisotopic (exact) mass is 374 g/mol. The van der Waals surface area contributed by atoms with Gasteiger partial charge in [-0.25, -0.2) is 4.79 Å². The molecule has 12 nitrogen and oxygen atoms in total. The Hall–Kier alpha value is -2.73. The van der Waals surface area contributed by atoms with Gasteiger partial charge in [0.05, 0.1) is 19.6 Å². The number of amides is 3. The fourth-order valence-corrected chi connectivity index (χ4v) is 2.49. The molecule has 7 N–H and O–H groups in total. The number of carboxylic acid groups (broad SMARTS) is 2. The van der Waals surface area contributed by atoms with Crippen molar-refractivity contribution in [2.45, 2.75) is 37.4 Å². The van der Waals surface area contributed by atoms with Gasteiger partial charge < -0.3 is 36.6 Å². The Bertz CT molecular complexity index is 581. The first kappa shape index (κ1) is 21.3. The maximum absolute atomic E-state index is 12.5. The zero-order chi connectivity index (χ0) is 19.9. The molecule has 12 heteroatoms. The van der Waals surface area contributed by atoms with Gasteiger partial charge in [0.1, 0.15) is 18.1 Å². The maximum Gasteiger partial charge on any atom is 0.326 e. The fourth-order valence-electron chi connectivity index (χ4n) is 2.49. The first-order valence-electron chi connectivity index (χ1n) is 7.86. The van der Waals surface area contributed by atoms with E-state index in [9.17, 15) is 24.0 Å². The van der Waals surface area contributed by atoms with Crippen LogP contribution in [0.1, 0.15) is 19.3 Å². The third-order valence-electron chi connectivity index (χ3n) is 3.79. The number of aliphatic hydroxyl groups is 1. The molecule has 1 saturated heterocycles. The molecular weight excluding hydrogens is 352 g/mol. The van der Waals surface area contributed by atoms with E-state index in [1.807, 2.05) is 0 Å². The summed E-state index contributed by atoms with van der Waals surface area (Å²) in [6.45, 7) is -1.07. The molecule has 0 radical (unpaired) electrons. The average Bonchev–Trinajstić information content (AvgIpc) is 3.07. The van der Waals surface area contributed by atoms with E-state index in [2.05, 4.69) is 10.6 Å². The van der Waals surface area contributed by atoms with Gasteiger partial charge in [-0.2, -0.15) is 0 Å². The van der Waals surface area contributed by atoms with E-state index < -0.39 is 67.4 Å². The largest absolute Gasteiger partial charge is 0.481 e. The van der Waals surface area contributed by atoms with Gasteiger partial charge in [0, 0.05) is 6.54 Å².